The van der Waals surface area contributed by atoms with Crippen LogP contribution in [0.4, 0.5) is 0 Å². The minimum atomic E-state index is -1.37. The number of aromatic carboxylic acids is 2. The highest BCUT2D eigenvalue weighted by molar-refractivity contribution is 9.15. The number of halogens is 8. The maximum absolute atomic E-state index is 12.5. The fraction of sp³-hybridized carbons (Fsp3) is 0.111. The molecule has 36 heavy (non-hydrogen) atoms. The molecule has 0 radical (unpaired) electrons. The molecule has 0 heterocycles. The lowest BCUT2D eigenvalue weighted by atomic mass is 10.1. The molecule has 0 amide bonds. The lowest BCUT2D eigenvalue weighted by molar-refractivity contribution is 0.0128. The van der Waals surface area contributed by atoms with Gasteiger partial charge in [-0.05, 0) is 127 Å². The molecule has 0 aromatic heterocycles. The summed E-state index contributed by atoms with van der Waals surface area (Å²) in [5.41, 5.74) is 3.48. The van der Waals surface area contributed by atoms with E-state index in [1.807, 2.05) is 0 Å². The first kappa shape index (κ1) is 32.3. The average Bonchev–Trinajstić information content (AvgIpc) is 2.81. The van der Waals surface area contributed by atoms with E-state index in [1.54, 1.807) is 0 Å². The highest BCUT2D eigenvalue weighted by atomic mass is 79.9. The number of carbonyl (C=O) groups is 4. The van der Waals surface area contributed by atoms with E-state index in [-0.39, 0.29) is 53.2 Å². The first-order valence-corrected chi connectivity index (χ1v) is 15.1. The van der Waals surface area contributed by atoms with E-state index in [4.69, 9.17) is 9.68 Å². The molecule has 0 aliphatic carbocycles. The van der Waals surface area contributed by atoms with Crippen LogP contribution in [0.1, 0.15) is 41.4 Å². The lowest BCUT2D eigenvalue weighted by Crippen LogP contribution is -2.32. The Labute approximate surface area is 269 Å². The van der Waals surface area contributed by atoms with Crippen LogP contribution in [0.25, 0.3) is 0 Å². The van der Waals surface area contributed by atoms with Crippen molar-refractivity contribution in [1.82, 2.24) is 11.0 Å². The van der Waals surface area contributed by atoms with Gasteiger partial charge in [0, 0.05) is 48.9 Å². The number of carboxylic acid groups (broad SMARTS) is 2. The average molecular weight is 1020 g/mol. The summed E-state index contributed by atoms with van der Waals surface area (Å²) in [6.45, 7) is -0.142. The van der Waals surface area contributed by atoms with Crippen molar-refractivity contribution in [2.45, 2.75) is 0 Å². The molecule has 0 aliphatic rings. The van der Waals surface area contributed by atoms with Crippen molar-refractivity contribution >= 4 is 151 Å². The van der Waals surface area contributed by atoms with Crippen LogP contribution in [0.2, 0.25) is 0 Å². The molecule has 0 fully saturated rings. The van der Waals surface area contributed by atoms with Gasteiger partial charge in [-0.3, -0.25) is 0 Å². The van der Waals surface area contributed by atoms with E-state index in [9.17, 15) is 29.4 Å². The monoisotopic (exact) mass is 1010 g/mol. The Balaban J connectivity index is 2.03. The predicted molar refractivity (Wildman–Crippen MR) is 155 cm³/mol. The third-order valence-electron chi connectivity index (χ3n) is 4.03. The first-order valence-electron chi connectivity index (χ1n) is 8.80. The van der Waals surface area contributed by atoms with Gasteiger partial charge in [0.2, 0.25) is 0 Å². The summed E-state index contributed by atoms with van der Waals surface area (Å²) in [6.07, 6.45) is 0. The Morgan fingerprint density at radius 1 is 0.500 bits per heavy atom. The highest BCUT2D eigenvalue weighted by Crippen LogP contribution is 2.43. The fourth-order valence-corrected chi connectivity index (χ4v) is 7.38. The molecule has 18 heteroatoms. The molecule has 2 rings (SSSR count). The van der Waals surface area contributed by atoms with Crippen molar-refractivity contribution in [2.24, 2.45) is 0 Å². The quantitative estimate of drug-likeness (QED) is 0.0879. The van der Waals surface area contributed by atoms with Gasteiger partial charge in [0.05, 0.1) is 22.3 Å². The zero-order chi connectivity index (χ0) is 27.5. The van der Waals surface area contributed by atoms with Crippen molar-refractivity contribution in [3.8, 4) is 0 Å². The predicted octanol–water partition coefficient (Wildman–Crippen LogP) is 7.21. The molecule has 0 atom stereocenters. The summed E-state index contributed by atoms with van der Waals surface area (Å²) in [7, 11) is 0. The van der Waals surface area contributed by atoms with Gasteiger partial charge in [-0.25, -0.2) is 19.2 Å². The minimum Gasteiger partial charge on any atom is -0.478 e. The Morgan fingerprint density at radius 3 is 1.00 bits per heavy atom. The zero-order valence-corrected chi connectivity index (χ0v) is 29.5. The van der Waals surface area contributed by atoms with Gasteiger partial charge in [-0.2, -0.15) is 11.0 Å². The third-order valence-corrected chi connectivity index (χ3v) is 13.6. The Kier molecular flexibility index (Phi) is 12.5. The highest BCUT2D eigenvalue weighted by Gasteiger charge is 2.30. The Morgan fingerprint density at radius 2 is 0.750 bits per heavy atom. The van der Waals surface area contributed by atoms with Crippen LogP contribution in [-0.4, -0.2) is 47.2 Å². The number of hydroxylamine groups is 2. The van der Waals surface area contributed by atoms with Gasteiger partial charge in [0.1, 0.15) is 0 Å². The van der Waals surface area contributed by atoms with Crippen LogP contribution in [0, 0.1) is 0 Å². The van der Waals surface area contributed by atoms with E-state index >= 15 is 0 Å². The van der Waals surface area contributed by atoms with Crippen molar-refractivity contribution in [3.63, 3.8) is 0 Å². The number of nitrogens with one attached hydrogen (secondary N) is 2. The summed E-state index contributed by atoms with van der Waals surface area (Å²) < 4.78 is 2.10. The first-order chi connectivity index (χ1) is 16.7. The molecular weight excluding hydrogens is 1010 g/mol. The van der Waals surface area contributed by atoms with E-state index < -0.39 is 23.9 Å². The lowest BCUT2D eigenvalue weighted by Gasteiger charge is -2.15. The summed E-state index contributed by atoms with van der Waals surface area (Å²) in [5.74, 6) is -4.72. The maximum atomic E-state index is 12.5. The van der Waals surface area contributed by atoms with Crippen LogP contribution >= 0.6 is 127 Å². The summed E-state index contributed by atoms with van der Waals surface area (Å²) in [5, 5.41) is 19.0. The largest absolute Gasteiger partial charge is 0.478 e. The van der Waals surface area contributed by atoms with E-state index in [2.05, 4.69) is 138 Å². The molecule has 0 aliphatic heterocycles. The van der Waals surface area contributed by atoms with Gasteiger partial charge in [-0.1, -0.05) is 0 Å². The van der Waals surface area contributed by atoms with Gasteiger partial charge in [0.15, 0.2) is 0 Å². The summed E-state index contributed by atoms with van der Waals surface area (Å²) in [6, 6.07) is 0. The molecule has 0 spiro atoms. The zero-order valence-electron chi connectivity index (χ0n) is 16.8. The number of carboxylic acids is 2. The van der Waals surface area contributed by atoms with E-state index in [0.29, 0.717) is 17.9 Å². The summed E-state index contributed by atoms with van der Waals surface area (Å²) >= 11 is 25.6. The summed E-state index contributed by atoms with van der Waals surface area (Å²) in [4.78, 5) is 58.3. The van der Waals surface area contributed by atoms with Crippen LogP contribution in [0.3, 0.4) is 0 Å². The van der Waals surface area contributed by atoms with Gasteiger partial charge in [-0.15, -0.1) is 0 Å². The van der Waals surface area contributed by atoms with Crippen LogP contribution in [0.5, 0.6) is 0 Å². The minimum absolute atomic E-state index is 0.0708. The fourth-order valence-electron chi connectivity index (χ4n) is 2.49. The van der Waals surface area contributed by atoms with Crippen LogP contribution < -0.4 is 11.0 Å². The molecule has 0 bridgehead atoms. The molecule has 2 aromatic carbocycles. The smallest absolute Gasteiger partial charge is 0.358 e. The molecular formula is C18H8Br8N2O8. The van der Waals surface area contributed by atoms with Gasteiger partial charge in [0.25, 0.3) is 0 Å². The van der Waals surface area contributed by atoms with Crippen LogP contribution in [-0.2, 0) is 9.68 Å². The second kappa shape index (κ2) is 13.9. The van der Waals surface area contributed by atoms with E-state index in [0.717, 1.165) is 0 Å². The second-order valence-electron chi connectivity index (χ2n) is 6.19. The normalized spacial score (nSPS) is 10.8. The van der Waals surface area contributed by atoms with Crippen LogP contribution in [0.15, 0.2) is 35.8 Å². The number of hydrogen-bond donors (Lipinski definition) is 4. The van der Waals surface area contributed by atoms with E-state index in [1.165, 1.54) is 0 Å². The maximum Gasteiger partial charge on any atom is 0.358 e. The topological polar surface area (TPSA) is 151 Å². The molecule has 4 N–H and O–H groups in total. The molecule has 0 saturated heterocycles. The number of benzene rings is 2. The van der Waals surface area contributed by atoms with Gasteiger partial charge < -0.3 is 19.9 Å². The molecule has 2 aromatic rings. The molecule has 0 saturated carbocycles. The standard InChI is InChI=1S/C18H8Br8N2O8/c19-7-3(15(29)30)5(9(21)13(25)11(7)23)17(33)35-27-1-2-28-36-18(34)6-4(16(31)32)8(20)12(24)14(26)10(6)22/h27-28H,1-2H2,(H,29,30)(H,31,32). The number of hydrogen-bond acceptors (Lipinski definition) is 8. The third kappa shape index (κ3) is 6.98. The Bertz CT molecular complexity index is 1190. The van der Waals surface area contributed by atoms with Crippen molar-refractivity contribution < 1.29 is 39.1 Å². The Hall–Kier alpha value is 0.0800. The van der Waals surface area contributed by atoms with Gasteiger partial charge >= 0.3 is 23.9 Å². The molecule has 194 valence electrons. The van der Waals surface area contributed by atoms with Crippen molar-refractivity contribution in [3.05, 3.63) is 58.0 Å². The molecule has 0 unspecified atom stereocenters. The van der Waals surface area contributed by atoms with Crippen molar-refractivity contribution in [2.75, 3.05) is 13.1 Å². The number of carbonyl (C=O) groups excluding carboxylic acids is 2. The second-order valence-corrected chi connectivity index (χ2v) is 12.5. The number of rotatable bonds is 9. The molecule has 10 nitrogen and oxygen atoms in total. The SMILES string of the molecule is O=C(O)c1c(Br)c(Br)c(Br)c(Br)c1C(=O)ONCCNOC(=O)c1c(Br)c(Br)c(Br)c(Br)c1C(=O)O. The van der Waals surface area contributed by atoms with Crippen molar-refractivity contribution in [1.29, 1.82) is 0 Å².